The van der Waals surface area contributed by atoms with Gasteiger partial charge in [0.15, 0.2) is 5.76 Å². The third-order valence-electron chi connectivity index (χ3n) is 3.89. The Morgan fingerprint density at radius 2 is 1.77 bits per heavy atom. The highest BCUT2D eigenvalue weighted by Crippen LogP contribution is 2.29. The van der Waals surface area contributed by atoms with E-state index in [2.05, 4.69) is 31.4 Å². The minimum absolute atomic E-state index is 0.0486. The van der Waals surface area contributed by atoms with E-state index in [9.17, 15) is 14.0 Å². The maximum absolute atomic E-state index is 13.2. The molecule has 2 amide bonds. The van der Waals surface area contributed by atoms with Crippen LogP contribution in [0.1, 0.15) is 56.3 Å². The van der Waals surface area contributed by atoms with Crippen molar-refractivity contribution in [2.75, 3.05) is 0 Å². The lowest BCUT2D eigenvalue weighted by Gasteiger charge is -2.28. The normalized spacial score (nSPS) is 13.7. The van der Waals surface area contributed by atoms with Gasteiger partial charge >= 0.3 is 0 Å². The molecule has 2 N–H and O–H groups in total. The van der Waals surface area contributed by atoms with Gasteiger partial charge in [0.05, 0.1) is 12.3 Å². The van der Waals surface area contributed by atoms with E-state index >= 15 is 0 Å². The number of carbonyl (C=O) groups excluding carboxylic acids is 2. The molecule has 2 aromatic rings. The second-order valence-corrected chi connectivity index (χ2v) is 7.55. The zero-order chi connectivity index (χ0) is 19.3. The highest BCUT2D eigenvalue weighted by atomic mass is 19.1. The molecule has 2 rings (SSSR count). The minimum Gasteiger partial charge on any atom is -0.459 e. The number of hydrogen-bond acceptors (Lipinski definition) is 3. The second kappa shape index (κ2) is 8.17. The fourth-order valence-corrected chi connectivity index (χ4v) is 2.60. The summed E-state index contributed by atoms with van der Waals surface area (Å²) in [7, 11) is 0. The number of nitrogens with one attached hydrogen (secondary N) is 2. The molecule has 0 fully saturated rings. The average molecular weight is 360 g/mol. The number of amides is 2. The molecular weight excluding hydrogens is 335 g/mol. The van der Waals surface area contributed by atoms with E-state index in [-0.39, 0.29) is 28.9 Å². The molecule has 1 heterocycles. The van der Waals surface area contributed by atoms with Crippen LogP contribution in [0.2, 0.25) is 0 Å². The first-order chi connectivity index (χ1) is 12.2. The third-order valence-corrected chi connectivity index (χ3v) is 3.89. The lowest BCUT2D eigenvalue weighted by Crippen LogP contribution is -2.46. The Kier molecular flexibility index (Phi) is 6.18. The molecule has 0 aliphatic heterocycles. The van der Waals surface area contributed by atoms with E-state index in [0.29, 0.717) is 6.42 Å². The van der Waals surface area contributed by atoms with E-state index in [1.165, 1.54) is 24.5 Å². The van der Waals surface area contributed by atoms with Crippen LogP contribution < -0.4 is 10.6 Å². The van der Waals surface area contributed by atoms with E-state index < -0.39 is 11.9 Å². The SMILES string of the molecule is C[C@@H](NC(=O)c1ccco1)C(=O)N[C@H](CC(C)(C)C)c1ccc(F)cc1. The van der Waals surface area contributed by atoms with E-state index in [1.807, 2.05) is 0 Å². The first-order valence-corrected chi connectivity index (χ1v) is 8.56. The highest BCUT2D eigenvalue weighted by molar-refractivity contribution is 5.95. The predicted molar refractivity (Wildman–Crippen MR) is 97.0 cm³/mol. The topological polar surface area (TPSA) is 71.3 Å². The Bertz CT molecular complexity index is 733. The van der Waals surface area contributed by atoms with Crippen LogP contribution in [-0.4, -0.2) is 17.9 Å². The Morgan fingerprint density at radius 1 is 1.12 bits per heavy atom. The quantitative estimate of drug-likeness (QED) is 0.822. The predicted octanol–water partition coefficient (Wildman–Crippen LogP) is 3.83. The summed E-state index contributed by atoms with van der Waals surface area (Å²) >= 11 is 0. The van der Waals surface area contributed by atoms with Gasteiger partial charge in [-0.1, -0.05) is 32.9 Å². The van der Waals surface area contributed by atoms with Gasteiger partial charge in [0.25, 0.3) is 5.91 Å². The van der Waals surface area contributed by atoms with Gasteiger partial charge in [-0.3, -0.25) is 9.59 Å². The molecular formula is C20H25FN2O3. The fraction of sp³-hybridized carbons (Fsp3) is 0.400. The molecule has 1 aromatic heterocycles. The number of furan rings is 1. The maximum Gasteiger partial charge on any atom is 0.287 e. The van der Waals surface area contributed by atoms with Gasteiger partial charge in [-0.05, 0) is 48.6 Å². The third kappa shape index (κ3) is 5.72. The summed E-state index contributed by atoms with van der Waals surface area (Å²) in [5.41, 5.74) is 0.770. The summed E-state index contributed by atoms with van der Waals surface area (Å²) in [5, 5.41) is 5.56. The van der Waals surface area contributed by atoms with Crippen LogP contribution >= 0.6 is 0 Å². The molecule has 0 saturated heterocycles. The summed E-state index contributed by atoms with van der Waals surface area (Å²) < 4.78 is 18.2. The molecule has 0 aliphatic rings. The maximum atomic E-state index is 13.2. The molecule has 1 aromatic carbocycles. The molecule has 26 heavy (non-hydrogen) atoms. The van der Waals surface area contributed by atoms with Crippen LogP contribution in [-0.2, 0) is 4.79 Å². The number of carbonyl (C=O) groups is 2. The molecule has 2 atom stereocenters. The molecule has 0 unspecified atom stereocenters. The number of rotatable bonds is 6. The van der Waals surface area contributed by atoms with Gasteiger partial charge in [0, 0.05) is 0 Å². The molecule has 5 nitrogen and oxygen atoms in total. The Hall–Kier alpha value is -2.63. The van der Waals surface area contributed by atoms with Gasteiger partial charge in [-0.15, -0.1) is 0 Å². The molecule has 0 spiro atoms. The zero-order valence-electron chi connectivity index (χ0n) is 15.5. The lowest BCUT2D eigenvalue weighted by molar-refractivity contribution is -0.123. The molecule has 0 aliphatic carbocycles. The molecule has 0 bridgehead atoms. The largest absolute Gasteiger partial charge is 0.459 e. The van der Waals surface area contributed by atoms with Crippen molar-refractivity contribution in [3.63, 3.8) is 0 Å². The van der Waals surface area contributed by atoms with Crippen molar-refractivity contribution in [1.29, 1.82) is 0 Å². The van der Waals surface area contributed by atoms with Crippen molar-refractivity contribution in [3.05, 3.63) is 59.8 Å². The van der Waals surface area contributed by atoms with E-state index in [1.54, 1.807) is 25.1 Å². The molecule has 0 radical (unpaired) electrons. The van der Waals surface area contributed by atoms with Crippen molar-refractivity contribution < 1.29 is 18.4 Å². The van der Waals surface area contributed by atoms with Crippen molar-refractivity contribution in [2.45, 2.75) is 46.2 Å². The summed E-state index contributed by atoms with van der Waals surface area (Å²) in [6.45, 7) is 7.81. The van der Waals surface area contributed by atoms with Gasteiger partial charge in [0.2, 0.25) is 5.91 Å². The second-order valence-electron chi connectivity index (χ2n) is 7.55. The zero-order valence-corrected chi connectivity index (χ0v) is 15.5. The monoisotopic (exact) mass is 360 g/mol. The summed E-state index contributed by atoms with van der Waals surface area (Å²) in [6.07, 6.45) is 2.07. The number of benzene rings is 1. The van der Waals surface area contributed by atoms with Crippen molar-refractivity contribution >= 4 is 11.8 Å². The highest BCUT2D eigenvalue weighted by Gasteiger charge is 2.25. The molecule has 6 heteroatoms. The van der Waals surface area contributed by atoms with Crippen molar-refractivity contribution in [3.8, 4) is 0 Å². The van der Waals surface area contributed by atoms with Crippen LogP contribution in [0.4, 0.5) is 4.39 Å². The smallest absolute Gasteiger partial charge is 0.287 e. The van der Waals surface area contributed by atoms with Crippen molar-refractivity contribution in [2.24, 2.45) is 5.41 Å². The first kappa shape index (κ1) is 19.7. The van der Waals surface area contributed by atoms with Crippen LogP contribution in [0.15, 0.2) is 47.1 Å². The fourth-order valence-electron chi connectivity index (χ4n) is 2.60. The van der Waals surface area contributed by atoms with Crippen LogP contribution in [0.3, 0.4) is 0 Å². The Morgan fingerprint density at radius 3 is 2.31 bits per heavy atom. The minimum atomic E-state index is -0.740. The molecule has 140 valence electrons. The summed E-state index contributed by atoms with van der Waals surface area (Å²) in [4.78, 5) is 24.6. The average Bonchev–Trinajstić information content (AvgIpc) is 3.08. The van der Waals surface area contributed by atoms with Crippen molar-refractivity contribution in [1.82, 2.24) is 10.6 Å². The van der Waals surface area contributed by atoms with Gasteiger partial charge in [-0.2, -0.15) is 0 Å². The summed E-state index contributed by atoms with van der Waals surface area (Å²) in [6, 6.07) is 8.19. The van der Waals surface area contributed by atoms with Gasteiger partial charge in [-0.25, -0.2) is 4.39 Å². The first-order valence-electron chi connectivity index (χ1n) is 8.56. The molecule has 0 saturated carbocycles. The lowest BCUT2D eigenvalue weighted by atomic mass is 9.85. The Labute approximate surface area is 153 Å². The van der Waals surface area contributed by atoms with Gasteiger partial charge in [0.1, 0.15) is 11.9 Å². The van der Waals surface area contributed by atoms with Crippen LogP contribution in [0, 0.1) is 11.2 Å². The standard InChI is InChI=1S/C20H25FN2O3/c1-13(22-19(25)17-6-5-11-26-17)18(24)23-16(12-20(2,3)4)14-7-9-15(21)10-8-14/h5-11,13,16H,12H2,1-4H3,(H,22,25)(H,23,24)/t13-,16-/m1/s1. The number of halogens is 1. The van der Waals surface area contributed by atoms with Gasteiger partial charge < -0.3 is 15.1 Å². The Balaban J connectivity index is 2.07. The van der Waals surface area contributed by atoms with E-state index in [0.717, 1.165) is 5.56 Å². The van der Waals surface area contributed by atoms with Crippen LogP contribution in [0.5, 0.6) is 0 Å². The summed E-state index contributed by atoms with van der Waals surface area (Å²) in [5.74, 6) is -0.946. The number of hydrogen-bond donors (Lipinski definition) is 2. The van der Waals surface area contributed by atoms with E-state index in [4.69, 9.17) is 4.42 Å². The van der Waals surface area contributed by atoms with Crippen LogP contribution in [0.25, 0.3) is 0 Å².